The molecule has 1 aliphatic heterocycles. The molecule has 1 aromatic rings. The number of aryl methyl sites for hydroxylation is 2. The number of likely N-dealkylation sites (tertiary alicyclic amines) is 1. The lowest BCUT2D eigenvalue weighted by Crippen LogP contribution is -2.43. The van der Waals surface area contributed by atoms with Gasteiger partial charge < -0.3 is 15.5 Å². The second-order valence-corrected chi connectivity index (χ2v) is 7.70. The highest BCUT2D eigenvalue weighted by molar-refractivity contribution is 14.0. The Labute approximate surface area is 167 Å². The molecule has 0 saturated carbocycles. The van der Waals surface area contributed by atoms with Gasteiger partial charge in [0.25, 0.3) is 0 Å². The van der Waals surface area contributed by atoms with Crippen molar-refractivity contribution in [1.82, 2.24) is 20.5 Å². The van der Waals surface area contributed by atoms with Crippen molar-refractivity contribution in [2.24, 2.45) is 10.9 Å². The van der Waals surface area contributed by atoms with Gasteiger partial charge >= 0.3 is 0 Å². The van der Waals surface area contributed by atoms with Gasteiger partial charge in [-0.25, -0.2) is 9.98 Å². The van der Waals surface area contributed by atoms with Crippen molar-refractivity contribution in [3.8, 4) is 0 Å². The Hall–Kier alpha value is -0.410. The van der Waals surface area contributed by atoms with Gasteiger partial charge in [-0.15, -0.1) is 35.3 Å². The van der Waals surface area contributed by atoms with E-state index in [0.717, 1.165) is 42.2 Å². The molecule has 24 heavy (non-hydrogen) atoms. The molecular weight excluding hydrogens is 433 g/mol. The standard InChI is InChI=1S/C17H31N5S.HI/c1-5-18-17(20-11-16-14(3)21-15(4)23-16)19-8-10-22-9-6-7-13(2)12-22;/h13H,5-12H2,1-4H3,(H2,18,19,20);1H. The molecule has 0 bridgehead atoms. The second kappa shape index (κ2) is 11.3. The highest BCUT2D eigenvalue weighted by Gasteiger charge is 2.15. The summed E-state index contributed by atoms with van der Waals surface area (Å²) in [5, 5.41) is 7.91. The Morgan fingerprint density at radius 3 is 2.79 bits per heavy atom. The van der Waals surface area contributed by atoms with E-state index in [1.165, 1.54) is 30.8 Å². The van der Waals surface area contributed by atoms with E-state index in [-0.39, 0.29) is 24.0 Å². The molecule has 1 unspecified atom stereocenters. The zero-order chi connectivity index (χ0) is 16.7. The van der Waals surface area contributed by atoms with Gasteiger partial charge in [0.15, 0.2) is 5.96 Å². The number of halogens is 1. The molecule has 2 N–H and O–H groups in total. The van der Waals surface area contributed by atoms with E-state index in [1.54, 1.807) is 11.3 Å². The van der Waals surface area contributed by atoms with Gasteiger partial charge in [0.2, 0.25) is 0 Å². The smallest absolute Gasteiger partial charge is 0.191 e. The molecule has 1 atom stereocenters. The molecule has 138 valence electrons. The summed E-state index contributed by atoms with van der Waals surface area (Å²) in [6.45, 7) is 14.7. The van der Waals surface area contributed by atoms with Crippen molar-refractivity contribution < 1.29 is 0 Å². The number of nitrogens with zero attached hydrogens (tertiary/aromatic N) is 3. The van der Waals surface area contributed by atoms with E-state index in [9.17, 15) is 0 Å². The van der Waals surface area contributed by atoms with E-state index >= 15 is 0 Å². The maximum absolute atomic E-state index is 4.70. The maximum Gasteiger partial charge on any atom is 0.191 e. The highest BCUT2D eigenvalue weighted by atomic mass is 127. The fourth-order valence-electron chi connectivity index (χ4n) is 3.03. The van der Waals surface area contributed by atoms with Crippen molar-refractivity contribution in [3.05, 3.63) is 15.6 Å². The van der Waals surface area contributed by atoms with Crippen LogP contribution in [0.2, 0.25) is 0 Å². The Bertz CT molecular complexity index is 517. The number of piperidine rings is 1. The molecule has 0 amide bonds. The molecule has 0 spiro atoms. The lowest BCUT2D eigenvalue weighted by molar-refractivity contribution is 0.187. The molecule has 5 nitrogen and oxygen atoms in total. The predicted molar refractivity (Wildman–Crippen MR) is 115 cm³/mol. The van der Waals surface area contributed by atoms with Crippen LogP contribution < -0.4 is 10.6 Å². The number of aliphatic imine (C=N–C) groups is 1. The van der Waals surface area contributed by atoms with Crippen LogP contribution in [0.4, 0.5) is 0 Å². The largest absolute Gasteiger partial charge is 0.357 e. The number of guanidine groups is 1. The molecule has 7 heteroatoms. The molecule has 0 aliphatic carbocycles. The summed E-state index contributed by atoms with van der Waals surface area (Å²) in [5.41, 5.74) is 1.11. The summed E-state index contributed by atoms with van der Waals surface area (Å²) in [6.07, 6.45) is 2.71. The Morgan fingerprint density at radius 1 is 1.38 bits per heavy atom. The van der Waals surface area contributed by atoms with E-state index in [4.69, 9.17) is 4.99 Å². The number of thiazole rings is 1. The van der Waals surface area contributed by atoms with Crippen LogP contribution in [0.1, 0.15) is 42.3 Å². The van der Waals surface area contributed by atoms with Crippen LogP contribution in [0.25, 0.3) is 0 Å². The topological polar surface area (TPSA) is 52.6 Å². The van der Waals surface area contributed by atoms with Crippen LogP contribution >= 0.6 is 35.3 Å². The fraction of sp³-hybridized carbons (Fsp3) is 0.765. The minimum Gasteiger partial charge on any atom is -0.357 e. The first-order valence-electron chi connectivity index (χ1n) is 8.76. The molecule has 2 rings (SSSR count). The van der Waals surface area contributed by atoms with Crippen LogP contribution in [-0.4, -0.2) is 48.6 Å². The maximum atomic E-state index is 4.70. The summed E-state index contributed by atoms with van der Waals surface area (Å²) in [6, 6.07) is 0. The molecule has 0 radical (unpaired) electrons. The summed E-state index contributed by atoms with van der Waals surface area (Å²) in [5.74, 6) is 1.74. The third kappa shape index (κ3) is 7.23. The molecule has 1 fully saturated rings. The van der Waals surface area contributed by atoms with Crippen molar-refractivity contribution in [2.45, 2.75) is 47.1 Å². The first-order valence-corrected chi connectivity index (χ1v) is 9.57. The van der Waals surface area contributed by atoms with E-state index in [0.29, 0.717) is 6.54 Å². The highest BCUT2D eigenvalue weighted by Crippen LogP contribution is 2.17. The number of nitrogens with one attached hydrogen (secondary N) is 2. The third-order valence-electron chi connectivity index (χ3n) is 4.19. The molecule has 1 aromatic heterocycles. The first-order chi connectivity index (χ1) is 11.1. The molecule has 1 saturated heterocycles. The van der Waals surface area contributed by atoms with Gasteiger partial charge in [-0.2, -0.15) is 0 Å². The molecular formula is C17H32IN5S. The Balaban J connectivity index is 0.00000288. The van der Waals surface area contributed by atoms with E-state index in [1.807, 2.05) is 6.92 Å². The van der Waals surface area contributed by atoms with Crippen LogP contribution in [0.15, 0.2) is 4.99 Å². The van der Waals surface area contributed by atoms with Crippen LogP contribution in [0.3, 0.4) is 0 Å². The molecule has 2 heterocycles. The first kappa shape index (κ1) is 21.6. The Kier molecular flexibility index (Phi) is 10.1. The van der Waals surface area contributed by atoms with Crippen molar-refractivity contribution in [3.63, 3.8) is 0 Å². The van der Waals surface area contributed by atoms with Gasteiger partial charge in [0, 0.05) is 31.1 Å². The monoisotopic (exact) mass is 465 g/mol. The normalized spacial score (nSPS) is 19.0. The van der Waals surface area contributed by atoms with Crippen LogP contribution in [-0.2, 0) is 6.54 Å². The number of hydrogen-bond acceptors (Lipinski definition) is 4. The summed E-state index contributed by atoms with van der Waals surface area (Å²) in [7, 11) is 0. The minimum atomic E-state index is 0. The average Bonchev–Trinajstić information content (AvgIpc) is 2.83. The van der Waals surface area contributed by atoms with E-state index < -0.39 is 0 Å². The van der Waals surface area contributed by atoms with Crippen molar-refractivity contribution in [2.75, 3.05) is 32.7 Å². The number of rotatable bonds is 6. The second-order valence-electron chi connectivity index (χ2n) is 6.41. The molecule has 0 aromatic carbocycles. The lowest BCUT2D eigenvalue weighted by atomic mass is 10.0. The van der Waals surface area contributed by atoms with Gasteiger partial charge in [-0.3, -0.25) is 0 Å². The van der Waals surface area contributed by atoms with E-state index in [2.05, 4.69) is 41.3 Å². The summed E-state index contributed by atoms with van der Waals surface area (Å²) < 4.78 is 0. The van der Waals surface area contributed by atoms with Gasteiger partial charge in [0.05, 0.1) is 17.2 Å². The van der Waals surface area contributed by atoms with Gasteiger partial charge in [-0.1, -0.05) is 6.92 Å². The Morgan fingerprint density at radius 2 is 2.17 bits per heavy atom. The SMILES string of the molecule is CCNC(=NCc1sc(C)nc1C)NCCN1CCCC(C)C1.I. The zero-order valence-electron chi connectivity index (χ0n) is 15.4. The fourth-order valence-corrected chi connectivity index (χ4v) is 3.90. The number of hydrogen-bond donors (Lipinski definition) is 2. The minimum absolute atomic E-state index is 0. The summed E-state index contributed by atoms with van der Waals surface area (Å²) >= 11 is 1.74. The third-order valence-corrected chi connectivity index (χ3v) is 5.24. The summed E-state index contributed by atoms with van der Waals surface area (Å²) in [4.78, 5) is 13.0. The van der Waals surface area contributed by atoms with Crippen molar-refractivity contribution >= 4 is 41.3 Å². The van der Waals surface area contributed by atoms with Gasteiger partial charge in [-0.05, 0) is 46.1 Å². The molecule has 1 aliphatic rings. The van der Waals surface area contributed by atoms with Gasteiger partial charge in [0.1, 0.15) is 0 Å². The average molecular weight is 465 g/mol. The lowest BCUT2D eigenvalue weighted by Gasteiger charge is -2.30. The van der Waals surface area contributed by atoms with Crippen molar-refractivity contribution in [1.29, 1.82) is 0 Å². The predicted octanol–water partition coefficient (Wildman–Crippen LogP) is 3.16. The van der Waals surface area contributed by atoms with Crippen LogP contribution in [0.5, 0.6) is 0 Å². The van der Waals surface area contributed by atoms with Crippen LogP contribution in [0, 0.1) is 19.8 Å². The quantitative estimate of drug-likeness (QED) is 0.385. The zero-order valence-corrected chi connectivity index (χ0v) is 18.5. The number of aromatic nitrogens is 1.